The number of carbonyl (C=O) groups is 2. The van der Waals surface area contributed by atoms with Crippen LogP contribution >= 0.6 is 0 Å². The summed E-state index contributed by atoms with van der Waals surface area (Å²) in [5, 5.41) is 25.9. The number of hydrogen-bond acceptors (Lipinski definition) is 7. The van der Waals surface area contributed by atoms with Gasteiger partial charge in [-0.3, -0.25) is 19.7 Å². The molecule has 0 bridgehead atoms. The van der Waals surface area contributed by atoms with Crippen molar-refractivity contribution >= 4 is 17.6 Å². The second-order valence-corrected chi connectivity index (χ2v) is 14.8. The van der Waals surface area contributed by atoms with Gasteiger partial charge in [0, 0.05) is 31.7 Å². The number of methoxy groups -OCH3 is 1. The molecule has 9 heteroatoms. The average Bonchev–Trinajstić information content (AvgIpc) is 3.36. The summed E-state index contributed by atoms with van der Waals surface area (Å²) in [5.74, 6) is 2.04. The maximum atomic E-state index is 12.8. The Balaban J connectivity index is 1.18. The van der Waals surface area contributed by atoms with Crippen molar-refractivity contribution in [3.05, 3.63) is 39.4 Å². The van der Waals surface area contributed by atoms with E-state index in [1.165, 1.54) is 37.5 Å². The number of ether oxygens (including phenoxy) is 2. The number of aliphatic hydroxyl groups excluding tert-OH is 1. The molecule has 4 saturated carbocycles. The number of nitrogens with zero attached hydrogens (tertiary/aromatic N) is 1. The van der Waals surface area contributed by atoms with E-state index < -0.39 is 4.92 Å². The van der Waals surface area contributed by atoms with Gasteiger partial charge in [-0.05, 0) is 123 Å². The Labute approximate surface area is 262 Å². The number of rotatable bonds is 10. The normalized spacial score (nSPS) is 36.8. The van der Waals surface area contributed by atoms with Crippen molar-refractivity contribution in [2.24, 2.45) is 46.3 Å². The Hall–Kier alpha value is -2.52. The van der Waals surface area contributed by atoms with Crippen LogP contribution in [0.5, 0.6) is 0 Å². The van der Waals surface area contributed by atoms with Crippen LogP contribution in [0.3, 0.4) is 0 Å². The molecule has 0 aromatic heterocycles. The summed E-state index contributed by atoms with van der Waals surface area (Å²) < 4.78 is 11.2. The number of benzene rings is 1. The molecule has 0 saturated heterocycles. The van der Waals surface area contributed by atoms with Gasteiger partial charge in [0.05, 0.1) is 22.7 Å². The smallest absolute Gasteiger partial charge is 0.306 e. The molecule has 5 unspecified atom stereocenters. The summed E-state index contributed by atoms with van der Waals surface area (Å²) in [5.41, 5.74) is 0.681. The molecule has 1 aromatic carbocycles. The molecule has 2 N–H and O–H groups in total. The Morgan fingerprint density at radius 1 is 1.11 bits per heavy atom. The van der Waals surface area contributed by atoms with E-state index in [0.29, 0.717) is 54.6 Å². The molecule has 1 aromatic rings. The molecule has 5 rings (SSSR count). The van der Waals surface area contributed by atoms with Crippen molar-refractivity contribution in [1.82, 2.24) is 5.32 Å². The van der Waals surface area contributed by atoms with Crippen LogP contribution in [0.15, 0.2) is 18.2 Å². The zero-order valence-electron chi connectivity index (χ0n) is 27.2. The van der Waals surface area contributed by atoms with Gasteiger partial charge in [0.15, 0.2) is 0 Å². The standard InChI is InChI=1S/C35H52N2O7/c1-6-36-33(40)22-8-9-23(29(17-22)37(41)42)20-44-31(39)12-7-21(2)26-10-11-27-32-28(14-16-35(26,27)4)34(3)15-13-25(43-5)18-24(34)19-30(32)38/h8-9,17,21,24-28,30,32,38H,6-7,10-16,18-20H2,1-5H3,(H,36,40)/t21-,24-,25+,26?,27?,28?,30?,32?,34-,35+/m0/s1. The van der Waals surface area contributed by atoms with Crippen LogP contribution < -0.4 is 5.32 Å². The highest BCUT2D eigenvalue weighted by atomic mass is 16.6. The lowest BCUT2D eigenvalue weighted by Crippen LogP contribution is -2.58. The minimum absolute atomic E-state index is 0.158. The number of esters is 1. The Morgan fingerprint density at radius 2 is 1.84 bits per heavy atom. The van der Waals surface area contributed by atoms with Gasteiger partial charge in [-0.1, -0.05) is 20.8 Å². The Morgan fingerprint density at radius 3 is 2.55 bits per heavy atom. The number of fused-ring (bicyclic) bond motifs is 5. The van der Waals surface area contributed by atoms with E-state index in [4.69, 9.17) is 9.47 Å². The number of nitro groups is 1. The molecular formula is C35H52N2O7. The highest BCUT2D eigenvalue weighted by Crippen LogP contribution is 2.68. The number of aliphatic hydroxyl groups is 1. The zero-order chi connectivity index (χ0) is 31.8. The summed E-state index contributed by atoms with van der Waals surface area (Å²) in [6.45, 7) is 9.21. The van der Waals surface area contributed by atoms with Crippen LogP contribution in [-0.2, 0) is 20.9 Å². The first-order valence-electron chi connectivity index (χ1n) is 16.8. The molecular weight excluding hydrogens is 560 g/mol. The first-order valence-corrected chi connectivity index (χ1v) is 16.8. The third kappa shape index (κ3) is 6.03. The number of amides is 1. The van der Waals surface area contributed by atoms with E-state index >= 15 is 0 Å². The number of nitrogens with one attached hydrogen (secondary N) is 1. The first-order chi connectivity index (χ1) is 20.9. The summed E-state index contributed by atoms with van der Waals surface area (Å²) in [6, 6.07) is 4.24. The largest absolute Gasteiger partial charge is 0.461 e. The molecule has 1 amide bonds. The van der Waals surface area contributed by atoms with Crippen molar-refractivity contribution in [3.63, 3.8) is 0 Å². The van der Waals surface area contributed by atoms with Crippen molar-refractivity contribution in [1.29, 1.82) is 0 Å². The van der Waals surface area contributed by atoms with Gasteiger partial charge in [-0.25, -0.2) is 0 Å². The predicted octanol–water partition coefficient (Wildman–Crippen LogP) is 6.45. The van der Waals surface area contributed by atoms with Crippen LogP contribution in [0, 0.1) is 56.5 Å². The molecule has 0 radical (unpaired) electrons. The summed E-state index contributed by atoms with van der Waals surface area (Å²) in [6.07, 6.45) is 9.94. The predicted molar refractivity (Wildman–Crippen MR) is 167 cm³/mol. The molecule has 0 aliphatic heterocycles. The van der Waals surface area contributed by atoms with Crippen LogP contribution in [0.4, 0.5) is 5.69 Å². The lowest BCUT2D eigenvalue weighted by Gasteiger charge is -2.62. The van der Waals surface area contributed by atoms with E-state index in [1.807, 2.05) is 7.11 Å². The third-order valence-corrected chi connectivity index (χ3v) is 12.8. The quantitative estimate of drug-likeness (QED) is 0.177. The Bertz CT molecular complexity index is 1240. The summed E-state index contributed by atoms with van der Waals surface area (Å²) >= 11 is 0. The van der Waals surface area contributed by atoms with Crippen LogP contribution in [0.1, 0.15) is 108 Å². The molecule has 244 valence electrons. The summed E-state index contributed by atoms with van der Waals surface area (Å²) in [4.78, 5) is 36.0. The molecule has 10 atom stereocenters. The maximum absolute atomic E-state index is 12.8. The molecule has 4 aliphatic carbocycles. The van der Waals surface area contributed by atoms with E-state index in [9.17, 15) is 24.8 Å². The van der Waals surface area contributed by atoms with Gasteiger partial charge in [-0.15, -0.1) is 0 Å². The topological polar surface area (TPSA) is 128 Å². The molecule has 4 aliphatic rings. The fourth-order valence-electron chi connectivity index (χ4n) is 10.4. The van der Waals surface area contributed by atoms with Gasteiger partial charge in [0.2, 0.25) is 0 Å². The highest BCUT2D eigenvalue weighted by Gasteiger charge is 2.62. The molecule has 4 fully saturated rings. The van der Waals surface area contributed by atoms with E-state index in [2.05, 4.69) is 26.1 Å². The second-order valence-electron chi connectivity index (χ2n) is 14.8. The number of carbonyl (C=O) groups excluding carboxylic acids is 2. The van der Waals surface area contributed by atoms with Crippen molar-refractivity contribution < 1.29 is 29.1 Å². The van der Waals surface area contributed by atoms with Crippen LogP contribution in [-0.4, -0.2) is 47.8 Å². The van der Waals surface area contributed by atoms with Crippen molar-refractivity contribution in [3.8, 4) is 0 Å². The molecule has 0 spiro atoms. The van der Waals surface area contributed by atoms with Gasteiger partial charge in [0.1, 0.15) is 6.61 Å². The van der Waals surface area contributed by atoms with Crippen LogP contribution in [0.2, 0.25) is 0 Å². The third-order valence-electron chi connectivity index (χ3n) is 12.8. The molecule has 44 heavy (non-hydrogen) atoms. The Kier molecular flexibility index (Phi) is 9.76. The first kappa shape index (κ1) is 32.9. The zero-order valence-corrected chi connectivity index (χ0v) is 27.2. The summed E-state index contributed by atoms with van der Waals surface area (Å²) in [7, 11) is 1.82. The van der Waals surface area contributed by atoms with E-state index in [0.717, 1.165) is 32.1 Å². The maximum Gasteiger partial charge on any atom is 0.306 e. The highest BCUT2D eigenvalue weighted by molar-refractivity contribution is 5.94. The van der Waals surface area contributed by atoms with Gasteiger partial charge in [0.25, 0.3) is 11.6 Å². The van der Waals surface area contributed by atoms with Gasteiger partial charge < -0.3 is 19.9 Å². The lowest BCUT2D eigenvalue weighted by molar-refractivity contribution is -0.385. The average molecular weight is 613 g/mol. The molecule has 0 heterocycles. The lowest BCUT2D eigenvalue weighted by atomic mass is 9.43. The van der Waals surface area contributed by atoms with Crippen molar-refractivity contribution in [2.45, 2.75) is 111 Å². The van der Waals surface area contributed by atoms with E-state index in [-0.39, 0.29) is 58.7 Å². The van der Waals surface area contributed by atoms with E-state index in [1.54, 1.807) is 6.92 Å². The monoisotopic (exact) mass is 612 g/mol. The minimum atomic E-state index is -0.547. The SMILES string of the molecule is CCNC(=O)c1ccc(COC(=O)CC[C@H](C)C2CCC3C4C(O)C[C@@H]5C[C@H](OC)CC[C@]5(C)C4CC[C@@]32C)c([N+](=O)[O-])c1. The van der Waals surface area contributed by atoms with Gasteiger partial charge >= 0.3 is 5.97 Å². The van der Waals surface area contributed by atoms with Gasteiger partial charge in [-0.2, -0.15) is 0 Å². The molecule has 9 nitrogen and oxygen atoms in total. The van der Waals surface area contributed by atoms with Crippen LogP contribution in [0.25, 0.3) is 0 Å². The van der Waals surface area contributed by atoms with Crippen molar-refractivity contribution in [2.75, 3.05) is 13.7 Å². The number of nitro benzene ring substituents is 1. The number of hydrogen-bond donors (Lipinski definition) is 2. The fraction of sp³-hybridized carbons (Fsp3) is 0.771. The minimum Gasteiger partial charge on any atom is -0.461 e. The fourth-order valence-corrected chi connectivity index (χ4v) is 10.4. The second kappa shape index (κ2) is 13.1.